The van der Waals surface area contributed by atoms with Crippen LogP contribution in [0, 0.1) is 0 Å². The van der Waals surface area contributed by atoms with Gasteiger partial charge in [-0.15, -0.1) is 0 Å². The Hall–Kier alpha value is -0.860. The molecule has 2 aromatic rings. The van der Waals surface area contributed by atoms with Gasteiger partial charge in [0.1, 0.15) is 12.2 Å². The van der Waals surface area contributed by atoms with Crippen molar-refractivity contribution in [3.63, 3.8) is 0 Å². The first kappa shape index (κ1) is 36.8. The molecule has 3 aliphatic heterocycles. The van der Waals surface area contributed by atoms with Crippen molar-refractivity contribution in [1.82, 2.24) is 0 Å². The first-order chi connectivity index (χ1) is 25.8. The Balaban J connectivity index is 1.21. The molecule has 0 unspecified atom stereocenters. The number of fused-ring (bicyclic) bond motifs is 1. The highest BCUT2D eigenvalue weighted by Gasteiger charge is 2.75. The van der Waals surface area contributed by atoms with E-state index in [-0.39, 0.29) is 28.1 Å². The summed E-state index contributed by atoms with van der Waals surface area (Å²) in [4.78, 5) is 0. The second kappa shape index (κ2) is 16.7. The topological polar surface area (TPSA) is 36.9 Å². The van der Waals surface area contributed by atoms with Gasteiger partial charge in [-0.05, 0) is 98.0 Å². The minimum Gasteiger partial charge on any atom is -0.345 e. The second-order valence-corrected chi connectivity index (χ2v) is 23.6. The van der Waals surface area contributed by atoms with Crippen molar-refractivity contribution in [3.8, 4) is 0 Å². The third-order valence-corrected chi connectivity index (χ3v) is 22.7. The Morgan fingerprint density at radius 1 is 0.385 bits per heavy atom. The Labute approximate surface area is 317 Å². The number of hydrogen-bond donors (Lipinski definition) is 0. The molecule has 3 saturated heterocycles. The highest BCUT2D eigenvalue weighted by Crippen LogP contribution is 2.73. The van der Waals surface area contributed by atoms with Crippen molar-refractivity contribution in [3.05, 3.63) is 71.8 Å². The first-order valence-corrected chi connectivity index (χ1v) is 25.2. The fourth-order valence-corrected chi connectivity index (χ4v) is 21.7. The Kier molecular flexibility index (Phi) is 11.8. The normalized spacial score (nSPS) is 36.0. The fourth-order valence-electron chi connectivity index (χ4n) is 12.4. The summed E-state index contributed by atoms with van der Waals surface area (Å²) in [6, 6.07) is 22.1. The van der Waals surface area contributed by atoms with Crippen molar-refractivity contribution < 1.29 is 18.9 Å². The maximum absolute atomic E-state index is 8.11. The van der Waals surface area contributed by atoms with Gasteiger partial charge in [-0.1, -0.05) is 154 Å². The van der Waals surface area contributed by atoms with Crippen LogP contribution in [0.4, 0.5) is 0 Å². The van der Waals surface area contributed by atoms with Gasteiger partial charge in [-0.25, -0.2) is 0 Å². The molecule has 2 aromatic carbocycles. The van der Waals surface area contributed by atoms with Crippen molar-refractivity contribution in [2.24, 2.45) is 0 Å². The summed E-state index contributed by atoms with van der Waals surface area (Å²) in [7, 11) is -0.676. The van der Waals surface area contributed by atoms with Crippen molar-refractivity contribution in [2.75, 3.05) is 13.2 Å². The minimum absolute atomic E-state index is 0.246. The maximum atomic E-state index is 8.11. The molecule has 0 aromatic heterocycles. The van der Waals surface area contributed by atoms with E-state index in [1.54, 1.807) is 0 Å². The summed E-state index contributed by atoms with van der Waals surface area (Å²) in [5, 5.41) is 0. The largest absolute Gasteiger partial charge is 0.345 e. The number of rotatable bonds is 8. The fraction of sp³-hybridized carbons (Fsp3) is 0.739. The van der Waals surface area contributed by atoms with Gasteiger partial charge in [0.15, 0.2) is 0 Å². The molecule has 3 heterocycles. The molecule has 9 rings (SSSR count). The molecule has 0 amide bonds. The molecular formula is C46H66O4P2. The lowest BCUT2D eigenvalue weighted by Crippen LogP contribution is -2.70. The van der Waals surface area contributed by atoms with Gasteiger partial charge in [0, 0.05) is 11.3 Å². The van der Waals surface area contributed by atoms with E-state index in [4.69, 9.17) is 18.9 Å². The zero-order valence-electron chi connectivity index (χ0n) is 31.9. The molecule has 4 nitrogen and oxygen atoms in total. The molecule has 7 aliphatic rings. The predicted molar refractivity (Wildman–Crippen MR) is 216 cm³/mol. The summed E-state index contributed by atoms with van der Waals surface area (Å²) >= 11 is 0. The summed E-state index contributed by atoms with van der Waals surface area (Å²) in [6.45, 7) is 1.54. The van der Waals surface area contributed by atoms with Crippen LogP contribution in [0.3, 0.4) is 0 Å². The lowest BCUT2D eigenvalue weighted by atomic mass is 9.90. The van der Waals surface area contributed by atoms with Gasteiger partial charge in [-0.2, -0.15) is 0 Å². The summed E-state index contributed by atoms with van der Waals surface area (Å²) < 4.78 is 31.3. The maximum Gasteiger partial charge on any atom is 0.232 e. The Morgan fingerprint density at radius 2 is 0.692 bits per heavy atom. The average Bonchev–Trinajstić information content (AvgIpc) is 3.83. The molecule has 0 radical (unpaired) electrons. The lowest BCUT2D eigenvalue weighted by molar-refractivity contribution is -0.451. The van der Waals surface area contributed by atoms with Crippen LogP contribution >= 0.6 is 15.8 Å². The first-order valence-electron chi connectivity index (χ1n) is 22.1. The lowest BCUT2D eigenvalue weighted by Gasteiger charge is -2.60. The van der Waals surface area contributed by atoms with Gasteiger partial charge in [0.2, 0.25) is 11.6 Å². The van der Waals surface area contributed by atoms with Gasteiger partial charge in [0.05, 0.1) is 13.2 Å². The third kappa shape index (κ3) is 6.94. The van der Waals surface area contributed by atoms with Gasteiger partial charge in [-0.3, -0.25) is 0 Å². The molecule has 6 atom stereocenters. The van der Waals surface area contributed by atoms with Crippen molar-refractivity contribution in [1.29, 1.82) is 0 Å². The van der Waals surface area contributed by atoms with E-state index < -0.39 is 11.6 Å². The van der Waals surface area contributed by atoms with E-state index in [0.717, 1.165) is 48.7 Å². The number of ether oxygens (including phenoxy) is 4. The van der Waals surface area contributed by atoms with Crippen molar-refractivity contribution in [2.45, 2.75) is 199 Å². The zero-order valence-corrected chi connectivity index (χ0v) is 33.7. The van der Waals surface area contributed by atoms with Crippen LogP contribution in [-0.2, 0) is 18.9 Å². The summed E-state index contributed by atoms with van der Waals surface area (Å²) in [5.74, 6) is -1.74. The SMILES string of the molecule is c1ccc([C@@H]2O[C@@]3(OCC[C@H]3P(C3CCCCC3)C3CCCCC3)[C@]3(OCC[C@H]3P(C3CCCCC3)C3CCCCC3)O[C@H]2c2ccccc2)cc1. The molecule has 6 heteroatoms. The molecule has 4 aliphatic carbocycles. The van der Waals surface area contributed by atoms with E-state index in [1.165, 1.54) is 140 Å². The molecule has 284 valence electrons. The van der Waals surface area contributed by atoms with Gasteiger partial charge < -0.3 is 18.9 Å². The Bertz CT molecular complexity index is 1260. The van der Waals surface area contributed by atoms with Gasteiger partial charge in [0.25, 0.3) is 0 Å². The summed E-state index contributed by atoms with van der Waals surface area (Å²) in [6.07, 6.45) is 29.7. The zero-order chi connectivity index (χ0) is 34.8. The smallest absolute Gasteiger partial charge is 0.232 e. The Morgan fingerprint density at radius 3 is 1.00 bits per heavy atom. The minimum atomic E-state index is -0.871. The van der Waals surface area contributed by atoms with Crippen LogP contribution < -0.4 is 0 Å². The molecule has 4 saturated carbocycles. The van der Waals surface area contributed by atoms with Gasteiger partial charge >= 0.3 is 0 Å². The van der Waals surface area contributed by atoms with Crippen LogP contribution in [-0.4, -0.2) is 58.7 Å². The van der Waals surface area contributed by atoms with E-state index in [2.05, 4.69) is 60.7 Å². The van der Waals surface area contributed by atoms with Crippen LogP contribution in [0.2, 0.25) is 0 Å². The van der Waals surface area contributed by atoms with Crippen LogP contribution in [0.1, 0.15) is 165 Å². The molecule has 0 bridgehead atoms. The monoisotopic (exact) mass is 744 g/mol. The molecule has 52 heavy (non-hydrogen) atoms. The molecule has 0 N–H and O–H groups in total. The van der Waals surface area contributed by atoms with E-state index >= 15 is 0 Å². The average molecular weight is 745 g/mol. The summed E-state index contributed by atoms with van der Waals surface area (Å²) in [5.41, 5.74) is 6.38. The predicted octanol–water partition coefficient (Wildman–Crippen LogP) is 12.8. The number of benzene rings is 2. The molecule has 2 spiro atoms. The van der Waals surface area contributed by atoms with E-state index in [1.807, 2.05) is 0 Å². The quantitative estimate of drug-likeness (QED) is 0.252. The number of hydrogen-bond acceptors (Lipinski definition) is 4. The van der Waals surface area contributed by atoms with Crippen LogP contribution in [0.5, 0.6) is 0 Å². The van der Waals surface area contributed by atoms with E-state index in [0.29, 0.717) is 11.3 Å². The van der Waals surface area contributed by atoms with Crippen molar-refractivity contribution >= 4 is 15.8 Å². The second-order valence-electron chi connectivity index (χ2n) is 17.6. The van der Waals surface area contributed by atoms with E-state index in [9.17, 15) is 0 Å². The molecule has 7 fully saturated rings. The van der Waals surface area contributed by atoms with Crippen LogP contribution in [0.15, 0.2) is 60.7 Å². The highest BCUT2D eigenvalue weighted by molar-refractivity contribution is 7.60. The third-order valence-electron chi connectivity index (χ3n) is 14.6. The van der Waals surface area contributed by atoms with Crippen LogP contribution in [0.25, 0.3) is 0 Å². The molecular weight excluding hydrogens is 678 g/mol. The highest BCUT2D eigenvalue weighted by atomic mass is 31.1. The standard InChI is InChI=1S/C46H66O4P2/c1-7-19-35(20-8-1)43-44(36-21-9-2-10-22-36)50-46(42(32-34-48-46)52(39-27-15-5-16-28-39)40-29-17-6-18-30-40)45(49-43)41(31-33-47-45)51(37-23-11-3-12-24-37)38-25-13-4-14-26-38/h1-2,7-10,19-22,37-44H,3-6,11-18,23-34H2/t41-,42-,43+,44+,45-,46-/m1/s1.